The second-order valence-corrected chi connectivity index (χ2v) is 4.50. The van der Waals surface area contributed by atoms with Gasteiger partial charge in [-0.2, -0.15) is 0 Å². The molecular weight excluding hydrogens is 269 g/mol. The molecule has 1 aliphatic rings. The average molecular weight is 279 g/mol. The highest BCUT2D eigenvalue weighted by atomic mass is 79.9. The molecule has 0 aliphatic carbocycles. The predicted octanol–water partition coefficient (Wildman–Crippen LogP) is 1.86. The van der Waals surface area contributed by atoms with Crippen LogP contribution in [0.15, 0.2) is 16.6 Å². The number of aliphatic hydroxyl groups excluding tert-OH is 1. The zero-order valence-corrected chi connectivity index (χ0v) is 9.55. The highest BCUT2D eigenvalue weighted by Gasteiger charge is 2.28. The minimum Gasteiger partial charge on any atom is -0.489 e. The second kappa shape index (κ2) is 3.70. The normalized spacial score (nSPS) is 25.4. The zero-order valence-electron chi connectivity index (χ0n) is 7.21. The van der Waals surface area contributed by atoms with Gasteiger partial charge in [0, 0.05) is 10.6 Å². The van der Waals surface area contributed by atoms with Crippen LogP contribution in [-0.4, -0.2) is 17.8 Å². The Balaban J connectivity index is 2.54. The highest BCUT2D eigenvalue weighted by molar-refractivity contribution is 9.10. The summed E-state index contributed by atoms with van der Waals surface area (Å²) in [4.78, 5) is 0. The number of fused-ring (bicyclic) bond motifs is 1. The summed E-state index contributed by atoms with van der Waals surface area (Å²) >= 11 is 9.21. The van der Waals surface area contributed by atoms with Crippen LogP contribution in [0.2, 0.25) is 5.02 Å². The fraction of sp³-hybridized carbons (Fsp3) is 0.333. The molecular formula is C9H9BrClNO2. The maximum absolute atomic E-state index is 9.50. The second-order valence-electron chi connectivity index (χ2n) is 3.21. The lowest BCUT2D eigenvalue weighted by Crippen LogP contribution is -2.35. The average Bonchev–Trinajstić information content (AvgIpc) is 2.12. The molecule has 3 nitrogen and oxygen atoms in total. The van der Waals surface area contributed by atoms with E-state index in [1.54, 1.807) is 12.1 Å². The van der Waals surface area contributed by atoms with E-state index in [-0.39, 0.29) is 6.61 Å². The molecule has 0 radical (unpaired) electrons. The molecule has 1 aromatic carbocycles. The van der Waals surface area contributed by atoms with Crippen LogP contribution in [-0.2, 0) is 0 Å². The molecule has 76 valence electrons. The molecule has 0 saturated heterocycles. The minimum atomic E-state index is -0.673. The maximum atomic E-state index is 9.50. The van der Waals surface area contributed by atoms with E-state index >= 15 is 0 Å². The van der Waals surface area contributed by atoms with Crippen LogP contribution in [0.3, 0.4) is 0 Å². The van der Waals surface area contributed by atoms with Crippen molar-refractivity contribution in [1.82, 2.24) is 0 Å². The number of aliphatic hydroxyl groups is 1. The van der Waals surface area contributed by atoms with E-state index in [0.717, 1.165) is 10.0 Å². The van der Waals surface area contributed by atoms with Crippen molar-refractivity contribution in [2.45, 2.75) is 12.1 Å². The van der Waals surface area contributed by atoms with Gasteiger partial charge >= 0.3 is 0 Å². The van der Waals surface area contributed by atoms with Gasteiger partial charge in [0.05, 0.1) is 10.5 Å². The number of rotatable bonds is 0. The molecule has 0 saturated carbocycles. The van der Waals surface area contributed by atoms with Crippen molar-refractivity contribution in [1.29, 1.82) is 0 Å². The molecule has 1 aliphatic heterocycles. The molecule has 2 rings (SSSR count). The molecule has 1 heterocycles. The smallest absolute Gasteiger partial charge is 0.138 e. The van der Waals surface area contributed by atoms with Gasteiger partial charge < -0.3 is 15.6 Å². The van der Waals surface area contributed by atoms with Gasteiger partial charge in [0.25, 0.3) is 0 Å². The molecule has 5 heteroatoms. The third-order valence-corrected chi connectivity index (χ3v) is 3.02. The van der Waals surface area contributed by atoms with E-state index in [1.807, 2.05) is 0 Å². The van der Waals surface area contributed by atoms with E-state index in [1.165, 1.54) is 0 Å². The minimum absolute atomic E-state index is 0.217. The van der Waals surface area contributed by atoms with Gasteiger partial charge in [0.1, 0.15) is 18.5 Å². The lowest BCUT2D eigenvalue weighted by atomic mass is 9.99. The van der Waals surface area contributed by atoms with Crippen LogP contribution >= 0.6 is 27.5 Å². The van der Waals surface area contributed by atoms with Gasteiger partial charge in [-0.3, -0.25) is 0 Å². The van der Waals surface area contributed by atoms with E-state index in [9.17, 15) is 5.11 Å². The number of hydrogen-bond acceptors (Lipinski definition) is 3. The summed E-state index contributed by atoms with van der Waals surface area (Å²) in [5, 5.41) is 10.1. The maximum Gasteiger partial charge on any atom is 0.138 e. The molecule has 14 heavy (non-hydrogen) atoms. The van der Waals surface area contributed by atoms with Crippen LogP contribution in [0, 0.1) is 0 Å². The first kappa shape index (κ1) is 10.2. The Morgan fingerprint density at radius 1 is 1.57 bits per heavy atom. The Hall–Kier alpha value is -0.290. The number of benzene rings is 1. The summed E-state index contributed by atoms with van der Waals surface area (Å²) in [7, 11) is 0. The topological polar surface area (TPSA) is 55.5 Å². The van der Waals surface area contributed by atoms with E-state index in [0.29, 0.717) is 10.8 Å². The van der Waals surface area contributed by atoms with Crippen molar-refractivity contribution in [2.24, 2.45) is 5.73 Å². The van der Waals surface area contributed by atoms with E-state index < -0.39 is 12.1 Å². The first-order valence-electron chi connectivity index (χ1n) is 4.15. The van der Waals surface area contributed by atoms with Crippen molar-refractivity contribution < 1.29 is 9.84 Å². The summed E-state index contributed by atoms with van der Waals surface area (Å²) in [6.45, 7) is 0.217. The number of halogens is 2. The first-order valence-corrected chi connectivity index (χ1v) is 5.32. The van der Waals surface area contributed by atoms with Gasteiger partial charge in [-0.1, -0.05) is 11.6 Å². The molecule has 0 fully saturated rings. The Kier molecular flexibility index (Phi) is 2.70. The molecule has 0 aromatic heterocycles. The van der Waals surface area contributed by atoms with Gasteiger partial charge in [-0.05, 0) is 28.1 Å². The molecule has 2 atom stereocenters. The number of nitrogens with two attached hydrogens (primary N) is 1. The largest absolute Gasteiger partial charge is 0.489 e. The van der Waals surface area contributed by atoms with Crippen LogP contribution < -0.4 is 10.5 Å². The fourth-order valence-corrected chi connectivity index (χ4v) is 2.41. The molecule has 2 unspecified atom stereocenters. The van der Waals surface area contributed by atoms with Crippen molar-refractivity contribution in [3.05, 3.63) is 27.2 Å². The van der Waals surface area contributed by atoms with Crippen molar-refractivity contribution in [3.8, 4) is 5.75 Å². The lowest BCUT2D eigenvalue weighted by molar-refractivity contribution is 0.0674. The summed E-state index contributed by atoms with van der Waals surface area (Å²) in [5.41, 5.74) is 6.56. The van der Waals surface area contributed by atoms with Crippen LogP contribution in [0.25, 0.3) is 0 Å². The lowest BCUT2D eigenvalue weighted by Gasteiger charge is -2.28. The molecule has 0 bridgehead atoms. The molecule has 0 spiro atoms. The number of hydrogen-bond donors (Lipinski definition) is 2. The molecule has 0 amide bonds. The van der Waals surface area contributed by atoms with Crippen LogP contribution in [0.5, 0.6) is 5.75 Å². The van der Waals surface area contributed by atoms with Crippen LogP contribution in [0.4, 0.5) is 0 Å². The van der Waals surface area contributed by atoms with Crippen molar-refractivity contribution in [2.75, 3.05) is 6.61 Å². The van der Waals surface area contributed by atoms with Gasteiger partial charge in [-0.25, -0.2) is 0 Å². The first-order chi connectivity index (χ1) is 6.59. The fourth-order valence-electron chi connectivity index (χ4n) is 1.46. The predicted molar refractivity (Wildman–Crippen MR) is 57.6 cm³/mol. The van der Waals surface area contributed by atoms with Crippen LogP contribution in [0.1, 0.15) is 11.6 Å². The summed E-state index contributed by atoms with van der Waals surface area (Å²) in [6, 6.07) is 3.02. The standard InChI is InChI=1S/C9H9BrClNO2/c10-6-2-4(11)1-5-8(12)7(13)3-14-9(5)6/h1-2,7-8,13H,3,12H2. The van der Waals surface area contributed by atoms with Crippen molar-refractivity contribution >= 4 is 27.5 Å². The molecule has 1 aromatic rings. The van der Waals surface area contributed by atoms with Gasteiger partial charge in [-0.15, -0.1) is 0 Å². The van der Waals surface area contributed by atoms with E-state index in [2.05, 4.69) is 15.9 Å². The Morgan fingerprint density at radius 2 is 2.29 bits per heavy atom. The molecule has 3 N–H and O–H groups in total. The van der Waals surface area contributed by atoms with Gasteiger partial charge in [0.2, 0.25) is 0 Å². The quantitative estimate of drug-likeness (QED) is 0.761. The SMILES string of the molecule is NC1c2cc(Cl)cc(Br)c2OCC1O. The van der Waals surface area contributed by atoms with Gasteiger partial charge in [0.15, 0.2) is 0 Å². The summed E-state index contributed by atoms with van der Waals surface area (Å²) in [6.07, 6.45) is -0.673. The van der Waals surface area contributed by atoms with E-state index in [4.69, 9.17) is 22.1 Å². The summed E-state index contributed by atoms with van der Waals surface area (Å²) < 4.78 is 6.12. The van der Waals surface area contributed by atoms with Crippen molar-refractivity contribution in [3.63, 3.8) is 0 Å². The Bertz CT molecular complexity index is 372. The zero-order chi connectivity index (χ0) is 10.3. The summed E-state index contributed by atoms with van der Waals surface area (Å²) in [5.74, 6) is 0.673. The Morgan fingerprint density at radius 3 is 3.00 bits per heavy atom. The highest BCUT2D eigenvalue weighted by Crippen LogP contribution is 2.39. The Labute approximate surface area is 94.9 Å². The number of ether oxygens (including phenoxy) is 1. The monoisotopic (exact) mass is 277 g/mol. The third kappa shape index (κ3) is 1.63. The third-order valence-electron chi connectivity index (χ3n) is 2.21.